The highest BCUT2D eigenvalue weighted by atomic mass is 35.5. The lowest BCUT2D eigenvalue weighted by atomic mass is 9.78. The van der Waals surface area contributed by atoms with Crippen molar-refractivity contribution >= 4 is 11.6 Å². The van der Waals surface area contributed by atoms with E-state index in [-0.39, 0.29) is 16.9 Å². The Morgan fingerprint density at radius 2 is 1.35 bits per heavy atom. The van der Waals surface area contributed by atoms with Gasteiger partial charge in [0, 0.05) is 12.0 Å². The molecule has 6 heteroatoms. The highest BCUT2D eigenvalue weighted by molar-refractivity contribution is 6.18. The minimum atomic E-state index is -0.151. The van der Waals surface area contributed by atoms with E-state index < -0.39 is 0 Å². The summed E-state index contributed by atoms with van der Waals surface area (Å²) in [6.07, 6.45) is 3.22. The van der Waals surface area contributed by atoms with Crippen LogP contribution in [0.1, 0.15) is 44.7 Å². The van der Waals surface area contributed by atoms with E-state index in [0.717, 1.165) is 37.6 Å². The first-order valence-corrected chi connectivity index (χ1v) is 11.4. The van der Waals surface area contributed by atoms with Gasteiger partial charge in [-0.05, 0) is 41.8 Å². The zero-order valence-corrected chi connectivity index (χ0v) is 19.5. The number of halogens is 1. The molecule has 0 amide bonds. The fourth-order valence-electron chi connectivity index (χ4n) is 2.71. The van der Waals surface area contributed by atoms with Crippen molar-refractivity contribution in [2.24, 2.45) is 0 Å². The number of hydrogen-bond donors (Lipinski definition) is 2. The lowest BCUT2D eigenvalue weighted by Gasteiger charge is -2.26. The third-order valence-corrected chi connectivity index (χ3v) is 5.45. The molecule has 2 aromatic rings. The van der Waals surface area contributed by atoms with Crippen molar-refractivity contribution in [1.29, 1.82) is 0 Å². The standard InChI is InChI=1S/C15H16O2.C7H14O2.C3H5ClO/c1-15(2,11-3-7-13(16)8-4-11)12-5-9-14(17)10-6-12;1-2-3-4-8-5-7-6-9-7;4-1-3-2-5-3/h3-10,16-17H,1-2H3;7H,2-6H2,1H3;3H,1-2H2. The van der Waals surface area contributed by atoms with Crippen LogP contribution in [0.5, 0.6) is 11.5 Å². The van der Waals surface area contributed by atoms with Crippen LogP contribution >= 0.6 is 11.6 Å². The molecule has 2 aliphatic rings. The lowest BCUT2D eigenvalue weighted by molar-refractivity contribution is 0.114. The van der Waals surface area contributed by atoms with Gasteiger partial charge in [0.25, 0.3) is 0 Å². The molecule has 5 nitrogen and oxygen atoms in total. The van der Waals surface area contributed by atoms with E-state index in [9.17, 15) is 10.2 Å². The van der Waals surface area contributed by atoms with E-state index in [1.165, 1.54) is 12.8 Å². The van der Waals surface area contributed by atoms with E-state index in [1.807, 2.05) is 24.3 Å². The zero-order chi connectivity index (χ0) is 22.7. The molecular formula is C25H35ClO5. The van der Waals surface area contributed by atoms with Gasteiger partial charge in [0.15, 0.2) is 0 Å². The van der Waals surface area contributed by atoms with Crippen LogP contribution in [-0.4, -0.2) is 54.7 Å². The summed E-state index contributed by atoms with van der Waals surface area (Å²) in [7, 11) is 0. The summed E-state index contributed by atoms with van der Waals surface area (Å²) >= 11 is 5.27. The number of phenolic OH excluding ortho intramolecular Hbond substituents is 2. The molecule has 2 aliphatic heterocycles. The Kier molecular flexibility index (Phi) is 10.6. The van der Waals surface area contributed by atoms with E-state index in [0.29, 0.717) is 18.1 Å². The number of ether oxygens (including phenoxy) is 3. The van der Waals surface area contributed by atoms with Gasteiger partial charge >= 0.3 is 0 Å². The number of alkyl halides is 1. The monoisotopic (exact) mass is 450 g/mol. The predicted molar refractivity (Wildman–Crippen MR) is 124 cm³/mol. The van der Waals surface area contributed by atoms with E-state index in [2.05, 4.69) is 20.8 Å². The molecule has 4 rings (SSSR count). The molecule has 0 radical (unpaired) electrons. The maximum absolute atomic E-state index is 9.30. The third-order valence-electron chi connectivity index (χ3n) is 5.10. The maximum Gasteiger partial charge on any atom is 0.115 e. The average molecular weight is 451 g/mol. The van der Waals surface area contributed by atoms with Gasteiger partial charge in [0.1, 0.15) is 17.6 Å². The summed E-state index contributed by atoms with van der Waals surface area (Å²) in [5, 5.41) is 18.6. The summed E-state index contributed by atoms with van der Waals surface area (Å²) in [5.74, 6) is 1.21. The number of phenols is 2. The number of benzene rings is 2. The highest BCUT2D eigenvalue weighted by Crippen LogP contribution is 2.32. The Labute approximate surface area is 190 Å². The first kappa shape index (κ1) is 25.5. The van der Waals surface area contributed by atoms with Gasteiger partial charge in [-0.3, -0.25) is 0 Å². The summed E-state index contributed by atoms with van der Waals surface area (Å²) < 4.78 is 15.0. The van der Waals surface area contributed by atoms with Crippen LogP contribution in [0.3, 0.4) is 0 Å². The van der Waals surface area contributed by atoms with Gasteiger partial charge in [0.2, 0.25) is 0 Å². The number of aromatic hydroxyl groups is 2. The highest BCUT2D eigenvalue weighted by Gasteiger charge is 2.23. The molecule has 0 spiro atoms. The van der Waals surface area contributed by atoms with Gasteiger partial charge in [-0.2, -0.15) is 0 Å². The topological polar surface area (TPSA) is 74.8 Å². The maximum atomic E-state index is 9.30. The molecule has 172 valence electrons. The summed E-state index contributed by atoms with van der Waals surface area (Å²) in [5.41, 5.74) is 2.10. The van der Waals surface area contributed by atoms with Gasteiger partial charge in [-0.1, -0.05) is 51.5 Å². The number of epoxide rings is 2. The number of hydrogen-bond acceptors (Lipinski definition) is 5. The summed E-state index contributed by atoms with van der Waals surface area (Å²) in [6.45, 7) is 9.89. The van der Waals surface area contributed by atoms with Crippen LogP contribution in [0, 0.1) is 0 Å². The first-order valence-electron chi connectivity index (χ1n) is 10.8. The van der Waals surface area contributed by atoms with Crippen molar-refractivity contribution < 1.29 is 24.4 Å². The Hall–Kier alpha value is -1.79. The second-order valence-electron chi connectivity index (χ2n) is 8.21. The molecule has 31 heavy (non-hydrogen) atoms. The number of unbranched alkanes of at least 4 members (excludes halogenated alkanes) is 1. The molecule has 2 heterocycles. The minimum absolute atomic E-state index is 0.151. The Morgan fingerprint density at radius 3 is 1.68 bits per heavy atom. The van der Waals surface area contributed by atoms with Crippen LogP contribution < -0.4 is 0 Å². The molecule has 0 aromatic heterocycles. The second-order valence-corrected chi connectivity index (χ2v) is 8.52. The third kappa shape index (κ3) is 9.92. The predicted octanol–water partition coefficient (Wildman–Crippen LogP) is 5.25. The van der Waals surface area contributed by atoms with Crippen LogP contribution in [0.15, 0.2) is 48.5 Å². The van der Waals surface area contributed by atoms with Gasteiger partial charge in [-0.15, -0.1) is 11.6 Å². The van der Waals surface area contributed by atoms with Gasteiger partial charge in [0.05, 0.1) is 31.8 Å². The zero-order valence-electron chi connectivity index (χ0n) is 18.7. The smallest absolute Gasteiger partial charge is 0.115 e. The molecule has 0 saturated carbocycles. The van der Waals surface area contributed by atoms with E-state index in [4.69, 9.17) is 25.8 Å². The summed E-state index contributed by atoms with van der Waals surface area (Å²) in [4.78, 5) is 0. The quantitative estimate of drug-likeness (QED) is 0.326. The van der Waals surface area contributed by atoms with Gasteiger partial charge < -0.3 is 24.4 Å². The van der Waals surface area contributed by atoms with E-state index in [1.54, 1.807) is 24.3 Å². The van der Waals surface area contributed by atoms with Gasteiger partial charge in [-0.25, -0.2) is 0 Å². The average Bonchev–Trinajstić information content (AvgIpc) is 3.67. The second kappa shape index (κ2) is 12.9. The van der Waals surface area contributed by atoms with E-state index >= 15 is 0 Å². The lowest BCUT2D eigenvalue weighted by Crippen LogP contribution is -2.18. The fourth-order valence-corrected chi connectivity index (χ4v) is 2.88. The van der Waals surface area contributed by atoms with Crippen molar-refractivity contribution in [3.8, 4) is 11.5 Å². The molecule has 2 atom stereocenters. The molecule has 2 N–H and O–H groups in total. The molecule has 2 saturated heterocycles. The molecule has 0 bridgehead atoms. The number of rotatable bonds is 8. The fraction of sp³-hybridized carbons (Fsp3) is 0.520. The molecule has 2 unspecified atom stereocenters. The van der Waals surface area contributed by atoms with Crippen LogP contribution in [0.25, 0.3) is 0 Å². The van der Waals surface area contributed by atoms with Crippen LogP contribution in [0.2, 0.25) is 0 Å². The van der Waals surface area contributed by atoms with Crippen molar-refractivity contribution in [2.45, 2.75) is 51.2 Å². The van der Waals surface area contributed by atoms with Crippen molar-refractivity contribution in [3.05, 3.63) is 59.7 Å². The van der Waals surface area contributed by atoms with Crippen molar-refractivity contribution in [3.63, 3.8) is 0 Å². The molecular weight excluding hydrogens is 416 g/mol. The summed E-state index contributed by atoms with van der Waals surface area (Å²) in [6, 6.07) is 14.4. The largest absolute Gasteiger partial charge is 0.508 e. The normalized spacial score (nSPS) is 18.8. The van der Waals surface area contributed by atoms with Crippen molar-refractivity contribution in [2.75, 3.05) is 32.3 Å². The van der Waals surface area contributed by atoms with Crippen LogP contribution in [-0.2, 0) is 19.6 Å². The molecule has 2 aromatic carbocycles. The minimum Gasteiger partial charge on any atom is -0.508 e. The Bertz CT molecular complexity index is 690. The molecule has 0 aliphatic carbocycles. The SMILES string of the molecule is CC(C)(c1ccc(O)cc1)c1ccc(O)cc1.CCCCOCC1CO1.ClCC1CO1. The molecule has 2 fully saturated rings. The van der Waals surface area contributed by atoms with Crippen molar-refractivity contribution in [1.82, 2.24) is 0 Å². The van der Waals surface area contributed by atoms with Crippen LogP contribution in [0.4, 0.5) is 0 Å². The first-order chi connectivity index (χ1) is 14.9. The Morgan fingerprint density at radius 1 is 0.903 bits per heavy atom. The Balaban J connectivity index is 0.000000201.